The number of fused-ring (bicyclic) bond motifs is 1. The van der Waals surface area contributed by atoms with Crippen molar-refractivity contribution in [1.82, 2.24) is 20.2 Å². The molecule has 3 aromatic heterocycles. The van der Waals surface area contributed by atoms with Crippen LogP contribution >= 0.6 is 22.7 Å². The maximum absolute atomic E-state index is 5.83. The van der Waals surface area contributed by atoms with Crippen LogP contribution in [-0.2, 0) is 12.8 Å². The van der Waals surface area contributed by atoms with Gasteiger partial charge in [-0.1, -0.05) is 47.8 Å². The van der Waals surface area contributed by atoms with Crippen molar-refractivity contribution < 1.29 is 9.47 Å². The second-order valence-electron chi connectivity index (χ2n) is 8.51. The number of ether oxygens (including phenoxy) is 2. The molecule has 0 bridgehead atoms. The average molecular weight is 510 g/mol. The lowest BCUT2D eigenvalue weighted by Crippen LogP contribution is -2.01. The fourth-order valence-electron chi connectivity index (χ4n) is 3.97. The van der Waals surface area contributed by atoms with E-state index < -0.39 is 0 Å². The van der Waals surface area contributed by atoms with Crippen LogP contribution in [-0.4, -0.2) is 33.4 Å². The summed E-state index contributed by atoms with van der Waals surface area (Å²) in [5, 5.41) is 11.3. The molecule has 0 aliphatic rings. The highest BCUT2D eigenvalue weighted by Crippen LogP contribution is 2.34. The summed E-state index contributed by atoms with van der Waals surface area (Å²) in [6.45, 7) is 11.6. The Morgan fingerprint density at radius 1 is 1.11 bits per heavy atom. The molecule has 9 heteroatoms. The van der Waals surface area contributed by atoms with Crippen LogP contribution in [0.3, 0.4) is 0 Å². The summed E-state index contributed by atoms with van der Waals surface area (Å²) < 4.78 is 12.4. The molecule has 4 rings (SSSR count). The molecule has 0 spiro atoms. The van der Waals surface area contributed by atoms with Crippen LogP contribution < -0.4 is 15.2 Å². The van der Waals surface area contributed by atoms with Crippen LogP contribution in [0.2, 0.25) is 0 Å². The summed E-state index contributed by atoms with van der Waals surface area (Å²) in [4.78, 5) is 8.70. The number of allylic oxidation sites excluding steroid dienone is 1. The molecular weight excluding hydrogens is 478 g/mol. The Labute approximate surface area is 214 Å². The van der Waals surface area contributed by atoms with Crippen LogP contribution in [0.25, 0.3) is 20.8 Å². The standard InChI is InChI=1S/C26H31N5O2S2/c1-5-32-21-14-23(33-6-2)28-15-19(21)25-31-30-24(35-25)10-7-16(3)11-17(4)12-18-8-9-20-22(13-18)34-26(27)29-20/h8-9,13-16H,4-7,10-12H2,1-3H3,(H2,27,29). The number of hydrogen-bond donors (Lipinski definition) is 1. The van der Waals surface area contributed by atoms with Gasteiger partial charge in [0, 0.05) is 18.7 Å². The lowest BCUT2D eigenvalue weighted by molar-refractivity contribution is 0.314. The molecule has 0 aliphatic heterocycles. The van der Waals surface area contributed by atoms with Crippen molar-refractivity contribution in [2.45, 2.75) is 46.5 Å². The third-order valence-corrected chi connectivity index (χ3v) is 7.41. The van der Waals surface area contributed by atoms with E-state index in [9.17, 15) is 0 Å². The fourth-order valence-corrected chi connectivity index (χ4v) is 5.63. The first-order valence-corrected chi connectivity index (χ1v) is 13.5. The third-order valence-electron chi connectivity index (χ3n) is 5.54. The van der Waals surface area contributed by atoms with Gasteiger partial charge in [-0.05, 0) is 56.7 Å². The highest BCUT2D eigenvalue weighted by atomic mass is 32.1. The predicted molar refractivity (Wildman–Crippen MR) is 144 cm³/mol. The summed E-state index contributed by atoms with van der Waals surface area (Å²) in [5.74, 6) is 1.77. The van der Waals surface area contributed by atoms with E-state index in [0.717, 1.165) is 57.2 Å². The molecule has 0 saturated heterocycles. The number of nitrogen functional groups attached to an aromatic ring is 1. The van der Waals surface area contributed by atoms with Crippen molar-refractivity contribution >= 4 is 38.0 Å². The van der Waals surface area contributed by atoms with Crippen molar-refractivity contribution in [3.8, 4) is 22.2 Å². The zero-order chi connectivity index (χ0) is 24.8. The van der Waals surface area contributed by atoms with Gasteiger partial charge in [0.05, 0.1) is 29.0 Å². The lowest BCUT2D eigenvalue weighted by atomic mass is 9.94. The number of hydrogen-bond acceptors (Lipinski definition) is 9. The molecule has 0 fully saturated rings. The molecule has 0 saturated carbocycles. The molecule has 7 nitrogen and oxygen atoms in total. The van der Waals surface area contributed by atoms with Crippen molar-refractivity contribution in [2.75, 3.05) is 18.9 Å². The quantitative estimate of drug-likeness (QED) is 0.222. The molecule has 35 heavy (non-hydrogen) atoms. The van der Waals surface area contributed by atoms with Crippen LogP contribution in [0.4, 0.5) is 5.13 Å². The minimum atomic E-state index is 0.503. The Morgan fingerprint density at radius 2 is 1.94 bits per heavy atom. The molecule has 1 atom stereocenters. The number of nitrogens with zero attached hydrogens (tertiary/aromatic N) is 4. The maximum Gasteiger partial charge on any atom is 0.216 e. The van der Waals surface area contributed by atoms with Crippen LogP contribution in [0.15, 0.2) is 42.6 Å². The van der Waals surface area contributed by atoms with E-state index in [2.05, 4.69) is 45.8 Å². The number of pyridine rings is 1. The molecule has 4 aromatic rings. The third kappa shape index (κ3) is 6.55. The highest BCUT2D eigenvalue weighted by molar-refractivity contribution is 7.22. The number of thiazole rings is 1. The van der Waals surface area contributed by atoms with Gasteiger partial charge < -0.3 is 15.2 Å². The number of aryl methyl sites for hydroxylation is 1. The van der Waals surface area contributed by atoms with Crippen LogP contribution in [0.5, 0.6) is 11.6 Å². The van der Waals surface area contributed by atoms with Crippen molar-refractivity contribution in [3.05, 3.63) is 53.2 Å². The van der Waals surface area contributed by atoms with Crippen LogP contribution in [0.1, 0.15) is 44.2 Å². The van der Waals surface area contributed by atoms with E-state index in [1.165, 1.54) is 22.5 Å². The molecule has 3 heterocycles. The van der Waals surface area contributed by atoms with E-state index >= 15 is 0 Å². The van der Waals surface area contributed by atoms with Crippen molar-refractivity contribution in [3.63, 3.8) is 0 Å². The summed E-state index contributed by atoms with van der Waals surface area (Å²) in [7, 11) is 0. The summed E-state index contributed by atoms with van der Waals surface area (Å²) in [6, 6.07) is 8.15. The average Bonchev–Trinajstić information content (AvgIpc) is 3.43. The number of rotatable bonds is 12. The zero-order valence-corrected chi connectivity index (χ0v) is 22.0. The molecule has 1 unspecified atom stereocenters. The number of benzene rings is 1. The number of anilines is 1. The molecule has 0 radical (unpaired) electrons. The lowest BCUT2D eigenvalue weighted by Gasteiger charge is -2.13. The maximum atomic E-state index is 5.83. The Bertz CT molecular complexity index is 1300. The second-order valence-corrected chi connectivity index (χ2v) is 10.6. The normalized spacial score (nSPS) is 12.1. The van der Waals surface area contributed by atoms with E-state index in [1.807, 2.05) is 26.0 Å². The smallest absolute Gasteiger partial charge is 0.216 e. The zero-order valence-electron chi connectivity index (χ0n) is 20.4. The van der Waals surface area contributed by atoms with Gasteiger partial charge in [-0.25, -0.2) is 9.97 Å². The summed E-state index contributed by atoms with van der Waals surface area (Å²) in [6.07, 6.45) is 5.51. The Balaban J connectivity index is 1.32. The van der Waals surface area contributed by atoms with Crippen LogP contribution in [0, 0.1) is 5.92 Å². The largest absolute Gasteiger partial charge is 0.493 e. The Hall–Kier alpha value is -3.04. The number of aromatic nitrogens is 4. The minimum Gasteiger partial charge on any atom is -0.493 e. The minimum absolute atomic E-state index is 0.503. The topological polar surface area (TPSA) is 96.0 Å². The SMILES string of the molecule is C=C(Cc1ccc2nc(N)sc2c1)CC(C)CCc1nnc(-c2cnc(OCC)cc2OCC)s1. The van der Waals surface area contributed by atoms with Crippen molar-refractivity contribution in [2.24, 2.45) is 5.92 Å². The van der Waals surface area contributed by atoms with Gasteiger partial charge in [0.25, 0.3) is 0 Å². The first-order chi connectivity index (χ1) is 16.9. The highest BCUT2D eigenvalue weighted by Gasteiger charge is 2.15. The molecular formula is C26H31N5O2S2. The second kappa shape index (κ2) is 11.6. The van der Waals surface area contributed by atoms with E-state index in [1.54, 1.807) is 17.5 Å². The number of nitrogens with two attached hydrogens (primary N) is 1. The molecule has 1 aromatic carbocycles. The molecule has 184 valence electrons. The first kappa shape index (κ1) is 25.1. The van der Waals surface area contributed by atoms with Gasteiger partial charge >= 0.3 is 0 Å². The van der Waals surface area contributed by atoms with Gasteiger partial charge in [-0.2, -0.15) is 0 Å². The van der Waals surface area contributed by atoms with E-state index in [4.69, 9.17) is 15.2 Å². The van der Waals surface area contributed by atoms with Crippen molar-refractivity contribution in [1.29, 1.82) is 0 Å². The molecule has 0 aliphatic carbocycles. The summed E-state index contributed by atoms with van der Waals surface area (Å²) >= 11 is 3.12. The van der Waals surface area contributed by atoms with Gasteiger partial charge in [-0.15, -0.1) is 10.2 Å². The fraction of sp³-hybridized carbons (Fsp3) is 0.385. The Kier molecular flexibility index (Phi) is 8.30. The van der Waals surface area contributed by atoms with E-state index in [-0.39, 0.29) is 0 Å². The Morgan fingerprint density at radius 3 is 2.74 bits per heavy atom. The molecule has 0 amide bonds. The summed E-state index contributed by atoms with van der Waals surface area (Å²) in [5.41, 5.74) is 10.1. The van der Waals surface area contributed by atoms with Gasteiger partial charge in [-0.3, -0.25) is 0 Å². The van der Waals surface area contributed by atoms with Gasteiger partial charge in [0.15, 0.2) is 10.1 Å². The monoisotopic (exact) mass is 509 g/mol. The first-order valence-electron chi connectivity index (χ1n) is 11.8. The van der Waals surface area contributed by atoms with Gasteiger partial charge in [0.2, 0.25) is 5.88 Å². The predicted octanol–water partition coefficient (Wildman–Crippen LogP) is 6.35. The molecule has 2 N–H and O–H groups in total. The van der Waals surface area contributed by atoms with E-state index in [0.29, 0.717) is 30.1 Å². The van der Waals surface area contributed by atoms with Gasteiger partial charge in [0.1, 0.15) is 10.8 Å².